The monoisotopic (exact) mass is 413 g/mol. The number of ether oxygens (including phenoxy) is 2. The second-order valence-corrected chi connectivity index (χ2v) is 7.11. The Balaban J connectivity index is 2.11. The Morgan fingerprint density at radius 1 is 1.39 bits per heavy atom. The fourth-order valence-corrected chi connectivity index (χ4v) is 3.25. The van der Waals surface area contributed by atoms with E-state index in [0.29, 0.717) is 17.9 Å². The molecule has 1 heterocycles. The lowest BCUT2D eigenvalue weighted by atomic mass is 10.1. The Hall–Kier alpha value is -2.44. The number of carbonyl (C=O) groups excluding carboxylic acids is 1. The summed E-state index contributed by atoms with van der Waals surface area (Å²) in [5.41, 5.74) is 3.05. The highest BCUT2D eigenvalue weighted by Gasteiger charge is 2.21. The van der Waals surface area contributed by atoms with Gasteiger partial charge in [-0.05, 0) is 53.7 Å². The highest BCUT2D eigenvalue weighted by Crippen LogP contribution is 2.27. The minimum absolute atomic E-state index is 0.140. The summed E-state index contributed by atoms with van der Waals surface area (Å²) in [5.74, 6) is 1.23. The smallest absolute Gasteiger partial charge is 0.345 e. The number of benzene rings is 1. The van der Waals surface area contributed by atoms with Gasteiger partial charge in [-0.15, -0.1) is 0 Å². The maximum Gasteiger partial charge on any atom is 0.345 e. The van der Waals surface area contributed by atoms with Gasteiger partial charge in [-0.3, -0.25) is 5.41 Å². The number of cyclic esters (lactones) is 1. The van der Waals surface area contributed by atoms with Crippen LogP contribution in [0.1, 0.15) is 18.9 Å². The SMILES string of the molecule is C=CC1=C(/C=C\CS)OC(=O)C(C(=N)S/C=C(\C)c2ccc(OC)cc2)=CC1. The summed E-state index contributed by atoms with van der Waals surface area (Å²) in [6, 6.07) is 7.68. The van der Waals surface area contributed by atoms with Gasteiger partial charge in [-0.2, -0.15) is 12.6 Å². The fraction of sp³-hybridized carbons (Fsp3) is 0.182. The van der Waals surface area contributed by atoms with Gasteiger partial charge >= 0.3 is 5.97 Å². The lowest BCUT2D eigenvalue weighted by Crippen LogP contribution is -2.11. The van der Waals surface area contributed by atoms with Crippen molar-refractivity contribution in [1.29, 1.82) is 5.41 Å². The molecule has 0 saturated heterocycles. The first-order chi connectivity index (χ1) is 13.5. The number of esters is 1. The van der Waals surface area contributed by atoms with Crippen molar-refractivity contribution in [1.82, 2.24) is 0 Å². The molecular formula is C22H23NO3S2. The average Bonchev–Trinajstić information content (AvgIpc) is 2.88. The van der Waals surface area contributed by atoms with Crippen molar-refractivity contribution in [2.24, 2.45) is 0 Å². The fourth-order valence-electron chi connectivity index (χ4n) is 2.42. The first-order valence-corrected chi connectivity index (χ1v) is 10.1. The molecule has 2 rings (SSSR count). The summed E-state index contributed by atoms with van der Waals surface area (Å²) in [7, 11) is 1.63. The zero-order valence-corrected chi connectivity index (χ0v) is 17.6. The highest BCUT2D eigenvalue weighted by atomic mass is 32.2. The van der Waals surface area contributed by atoms with Crippen molar-refractivity contribution in [3.63, 3.8) is 0 Å². The Bertz CT molecular complexity index is 878. The number of allylic oxidation sites excluding steroid dienone is 5. The van der Waals surface area contributed by atoms with Crippen molar-refractivity contribution in [3.05, 3.63) is 83.0 Å². The second-order valence-electron chi connectivity index (χ2n) is 5.87. The topological polar surface area (TPSA) is 59.4 Å². The summed E-state index contributed by atoms with van der Waals surface area (Å²) in [5, 5.41) is 10.3. The van der Waals surface area contributed by atoms with Crippen molar-refractivity contribution in [3.8, 4) is 5.75 Å². The quantitative estimate of drug-likeness (QED) is 0.266. The minimum Gasteiger partial charge on any atom is -0.497 e. The molecule has 1 aromatic rings. The molecule has 0 aliphatic carbocycles. The first-order valence-electron chi connectivity index (χ1n) is 8.62. The molecule has 4 nitrogen and oxygen atoms in total. The van der Waals surface area contributed by atoms with Crippen molar-refractivity contribution in [2.75, 3.05) is 12.9 Å². The third-order valence-electron chi connectivity index (χ3n) is 4.03. The molecule has 0 amide bonds. The predicted molar refractivity (Wildman–Crippen MR) is 121 cm³/mol. The highest BCUT2D eigenvalue weighted by molar-refractivity contribution is 8.17. The van der Waals surface area contributed by atoms with Crippen LogP contribution in [-0.2, 0) is 9.53 Å². The van der Waals surface area contributed by atoms with Gasteiger partial charge in [0.15, 0.2) is 0 Å². The van der Waals surface area contributed by atoms with Crippen LogP contribution in [0.5, 0.6) is 5.75 Å². The molecule has 28 heavy (non-hydrogen) atoms. The zero-order valence-electron chi connectivity index (χ0n) is 15.9. The number of carbonyl (C=O) groups is 1. The van der Waals surface area contributed by atoms with Crippen molar-refractivity contribution >= 4 is 41.0 Å². The molecule has 1 aliphatic rings. The molecule has 0 aromatic heterocycles. The number of hydrogen-bond donors (Lipinski definition) is 2. The lowest BCUT2D eigenvalue weighted by Gasteiger charge is -2.08. The number of thiol groups is 1. The molecule has 0 spiro atoms. The van der Waals surface area contributed by atoms with Crippen LogP contribution in [0.2, 0.25) is 0 Å². The van der Waals surface area contributed by atoms with Gasteiger partial charge in [0, 0.05) is 5.75 Å². The van der Waals surface area contributed by atoms with E-state index in [4.69, 9.17) is 14.9 Å². The van der Waals surface area contributed by atoms with Crippen LogP contribution >= 0.6 is 24.4 Å². The normalized spacial score (nSPS) is 15.2. The average molecular weight is 414 g/mol. The van der Waals surface area contributed by atoms with E-state index < -0.39 is 5.97 Å². The van der Waals surface area contributed by atoms with Crippen LogP contribution in [0.25, 0.3) is 5.57 Å². The summed E-state index contributed by atoms with van der Waals surface area (Å²) in [4.78, 5) is 12.5. The summed E-state index contributed by atoms with van der Waals surface area (Å²) in [6.45, 7) is 5.73. The van der Waals surface area contributed by atoms with Crippen LogP contribution in [0.3, 0.4) is 0 Å². The standard InChI is InChI=1S/C22H23NO3S2/c1-4-16-9-12-19(22(24)26-20(16)6-5-13-27)21(23)28-14-15(2)17-7-10-18(25-3)11-8-17/h4-8,10-12,14,23,27H,1,9,13H2,2-3H3/b6-5-,15-14+,23-21?. The van der Waals surface area contributed by atoms with E-state index in [0.717, 1.165) is 22.5 Å². The number of hydrogen-bond acceptors (Lipinski definition) is 6. The van der Waals surface area contributed by atoms with Crippen LogP contribution in [0, 0.1) is 5.41 Å². The lowest BCUT2D eigenvalue weighted by molar-refractivity contribution is -0.133. The molecule has 0 unspecified atom stereocenters. The van der Waals surface area contributed by atoms with Gasteiger partial charge in [0.2, 0.25) is 0 Å². The maximum absolute atomic E-state index is 12.5. The Kier molecular flexibility index (Phi) is 8.42. The second kappa shape index (κ2) is 10.8. The number of nitrogens with one attached hydrogen (secondary N) is 1. The number of rotatable bonds is 7. The van der Waals surface area contributed by atoms with E-state index in [1.165, 1.54) is 11.8 Å². The molecule has 146 valence electrons. The van der Waals surface area contributed by atoms with Gasteiger partial charge in [-0.1, -0.05) is 48.7 Å². The Labute approximate surface area is 175 Å². The van der Waals surface area contributed by atoms with E-state index in [1.807, 2.05) is 36.6 Å². The van der Waals surface area contributed by atoms with Gasteiger partial charge in [0.25, 0.3) is 0 Å². The summed E-state index contributed by atoms with van der Waals surface area (Å²) in [6.07, 6.45) is 7.35. The maximum atomic E-state index is 12.5. The van der Waals surface area contributed by atoms with Crippen LogP contribution in [0.4, 0.5) is 0 Å². The number of methoxy groups -OCH3 is 1. The van der Waals surface area contributed by atoms with Gasteiger partial charge in [0.1, 0.15) is 16.6 Å². The van der Waals surface area contributed by atoms with E-state index in [1.54, 1.807) is 31.4 Å². The Morgan fingerprint density at radius 3 is 2.71 bits per heavy atom. The molecule has 0 fully saturated rings. The molecule has 1 aromatic carbocycles. The first kappa shape index (κ1) is 21.9. The van der Waals surface area contributed by atoms with E-state index >= 15 is 0 Å². The van der Waals surface area contributed by atoms with Gasteiger partial charge < -0.3 is 9.47 Å². The van der Waals surface area contributed by atoms with Crippen molar-refractivity contribution < 1.29 is 14.3 Å². The molecule has 1 aliphatic heterocycles. The predicted octanol–water partition coefficient (Wildman–Crippen LogP) is 5.57. The molecule has 0 saturated carbocycles. The van der Waals surface area contributed by atoms with Gasteiger partial charge in [-0.25, -0.2) is 4.79 Å². The molecule has 0 bridgehead atoms. The largest absolute Gasteiger partial charge is 0.497 e. The third kappa shape index (κ3) is 5.78. The third-order valence-corrected chi connectivity index (χ3v) is 5.17. The molecule has 0 radical (unpaired) electrons. The van der Waals surface area contributed by atoms with Gasteiger partial charge in [0.05, 0.1) is 12.7 Å². The zero-order chi connectivity index (χ0) is 20.5. The number of thioether (sulfide) groups is 1. The van der Waals surface area contributed by atoms with Crippen LogP contribution in [0.15, 0.2) is 77.5 Å². The van der Waals surface area contributed by atoms with E-state index in [-0.39, 0.29) is 10.6 Å². The Morgan fingerprint density at radius 2 is 2.11 bits per heavy atom. The van der Waals surface area contributed by atoms with Crippen molar-refractivity contribution in [2.45, 2.75) is 13.3 Å². The van der Waals surface area contributed by atoms with Crippen LogP contribution < -0.4 is 4.74 Å². The van der Waals surface area contributed by atoms with Crippen LogP contribution in [-0.4, -0.2) is 23.9 Å². The molecule has 1 N–H and O–H groups in total. The van der Waals surface area contributed by atoms with E-state index in [9.17, 15) is 4.79 Å². The summed E-state index contributed by atoms with van der Waals surface area (Å²) < 4.78 is 10.6. The van der Waals surface area contributed by atoms with E-state index in [2.05, 4.69) is 19.2 Å². The minimum atomic E-state index is -0.538. The summed E-state index contributed by atoms with van der Waals surface area (Å²) >= 11 is 5.31. The molecular weight excluding hydrogens is 390 g/mol. The molecule has 6 heteroatoms. The molecule has 0 atom stereocenters.